The lowest BCUT2D eigenvalue weighted by Gasteiger charge is -2.06. The fourth-order valence-corrected chi connectivity index (χ4v) is 3.35. The summed E-state index contributed by atoms with van der Waals surface area (Å²) < 4.78 is 15.2. The van der Waals surface area contributed by atoms with E-state index in [-0.39, 0.29) is 5.82 Å². The lowest BCUT2D eigenvalue weighted by atomic mass is 10.1. The predicted molar refractivity (Wildman–Crippen MR) is 119 cm³/mol. The summed E-state index contributed by atoms with van der Waals surface area (Å²) in [4.78, 5) is 4.64. The zero-order chi connectivity index (χ0) is 20.9. The van der Waals surface area contributed by atoms with Crippen LogP contribution in [0.5, 0.6) is 0 Å². The smallest absolute Gasteiger partial charge is 0.151 e. The van der Waals surface area contributed by atoms with Crippen LogP contribution in [-0.4, -0.2) is 10.8 Å². The van der Waals surface area contributed by atoms with Gasteiger partial charge in [0.25, 0.3) is 0 Å². The van der Waals surface area contributed by atoms with Crippen LogP contribution in [0, 0.1) is 17.1 Å². The highest BCUT2D eigenvalue weighted by Crippen LogP contribution is 2.34. The third-order valence-corrected chi connectivity index (χ3v) is 4.97. The second-order valence-electron chi connectivity index (χ2n) is 6.78. The number of nitriles is 1. The second-order valence-corrected chi connectivity index (χ2v) is 7.22. The molecule has 0 saturated heterocycles. The van der Waals surface area contributed by atoms with Crippen molar-refractivity contribution in [3.8, 4) is 17.2 Å². The van der Waals surface area contributed by atoms with E-state index in [0.717, 1.165) is 22.3 Å². The van der Waals surface area contributed by atoms with Crippen LogP contribution in [0.3, 0.4) is 0 Å². The Bertz CT molecular complexity index is 1220. The number of aromatic nitrogens is 1. The van der Waals surface area contributed by atoms with E-state index in [1.165, 1.54) is 12.1 Å². The van der Waals surface area contributed by atoms with Crippen LogP contribution >= 0.6 is 11.6 Å². The summed E-state index contributed by atoms with van der Waals surface area (Å²) in [5.74, 6) is 0.267. The molecule has 0 amide bonds. The largest absolute Gasteiger partial charge is 0.327 e. The molecular formula is C25H17ClFN3. The molecular weight excluding hydrogens is 397 g/mol. The molecule has 30 heavy (non-hydrogen) atoms. The number of hydrogen-bond acceptors (Lipinski definition) is 2. The van der Waals surface area contributed by atoms with Crippen molar-refractivity contribution in [3.63, 3.8) is 0 Å². The van der Waals surface area contributed by atoms with Crippen molar-refractivity contribution in [2.24, 2.45) is 4.99 Å². The molecule has 1 aromatic heterocycles. The van der Waals surface area contributed by atoms with Gasteiger partial charge in [-0.05, 0) is 41.0 Å². The van der Waals surface area contributed by atoms with Crippen molar-refractivity contribution >= 4 is 23.6 Å². The van der Waals surface area contributed by atoms with Crippen LogP contribution in [0.25, 0.3) is 11.1 Å². The van der Waals surface area contributed by atoms with E-state index in [1.807, 2.05) is 53.2 Å². The van der Waals surface area contributed by atoms with Gasteiger partial charge >= 0.3 is 0 Å². The van der Waals surface area contributed by atoms with Gasteiger partial charge in [-0.3, -0.25) is 0 Å². The molecule has 0 fully saturated rings. The molecule has 0 saturated carbocycles. The van der Waals surface area contributed by atoms with Crippen molar-refractivity contribution in [3.05, 3.63) is 113 Å². The highest BCUT2D eigenvalue weighted by Gasteiger charge is 2.17. The van der Waals surface area contributed by atoms with Gasteiger partial charge in [0.05, 0.1) is 0 Å². The number of benzene rings is 3. The molecule has 0 bridgehead atoms. The molecule has 0 N–H and O–H groups in total. The standard InChI is InChI=1S/C25H17ClFN3/c26-21-10-8-20(9-11-21)24-17-30(16-19-6-12-22(27)13-7-19)25(23(24)14-28)29-15-18-4-2-1-3-5-18/h1-13,15,17H,16H2/b29-15+. The number of rotatable bonds is 5. The molecule has 0 aliphatic carbocycles. The first-order valence-corrected chi connectivity index (χ1v) is 9.74. The highest BCUT2D eigenvalue weighted by molar-refractivity contribution is 6.30. The summed E-state index contributed by atoms with van der Waals surface area (Å²) in [6.45, 7) is 0.462. The maximum atomic E-state index is 13.3. The Morgan fingerprint density at radius 1 is 0.967 bits per heavy atom. The van der Waals surface area contributed by atoms with Crippen molar-refractivity contribution in [2.45, 2.75) is 6.54 Å². The fourth-order valence-electron chi connectivity index (χ4n) is 3.22. The highest BCUT2D eigenvalue weighted by atomic mass is 35.5. The van der Waals surface area contributed by atoms with Crippen LogP contribution < -0.4 is 0 Å². The first-order chi connectivity index (χ1) is 14.6. The van der Waals surface area contributed by atoms with Crippen molar-refractivity contribution in [1.82, 2.24) is 4.57 Å². The monoisotopic (exact) mass is 413 g/mol. The zero-order valence-corrected chi connectivity index (χ0v) is 16.7. The number of nitrogens with zero attached hydrogens (tertiary/aromatic N) is 3. The van der Waals surface area contributed by atoms with Gasteiger partial charge in [-0.25, -0.2) is 9.38 Å². The first kappa shape index (κ1) is 19.6. The lowest BCUT2D eigenvalue weighted by molar-refractivity contribution is 0.626. The van der Waals surface area contributed by atoms with E-state index in [2.05, 4.69) is 11.1 Å². The van der Waals surface area contributed by atoms with Gasteiger partial charge in [0.1, 0.15) is 17.4 Å². The van der Waals surface area contributed by atoms with Crippen molar-refractivity contribution in [2.75, 3.05) is 0 Å². The summed E-state index contributed by atoms with van der Waals surface area (Å²) in [7, 11) is 0. The minimum atomic E-state index is -0.284. The minimum Gasteiger partial charge on any atom is -0.327 e. The maximum absolute atomic E-state index is 13.3. The summed E-state index contributed by atoms with van der Waals surface area (Å²) in [5.41, 5.74) is 3.98. The Morgan fingerprint density at radius 3 is 2.33 bits per heavy atom. The van der Waals surface area contributed by atoms with Crippen LogP contribution in [0.15, 0.2) is 90.1 Å². The lowest BCUT2D eigenvalue weighted by Crippen LogP contribution is -1.98. The van der Waals surface area contributed by atoms with E-state index in [0.29, 0.717) is 22.9 Å². The number of hydrogen-bond donors (Lipinski definition) is 0. The SMILES string of the molecule is N#Cc1c(-c2ccc(Cl)cc2)cn(Cc2ccc(F)cc2)c1/N=C/c1ccccc1. The van der Waals surface area contributed by atoms with Crippen molar-refractivity contribution in [1.29, 1.82) is 5.26 Å². The Labute approximate surface area is 179 Å². The summed E-state index contributed by atoms with van der Waals surface area (Å²) in [6.07, 6.45) is 3.64. The summed E-state index contributed by atoms with van der Waals surface area (Å²) >= 11 is 6.02. The Kier molecular flexibility index (Phi) is 5.74. The van der Waals surface area contributed by atoms with Gasteiger partial charge in [0.2, 0.25) is 0 Å². The van der Waals surface area contributed by atoms with Crippen molar-refractivity contribution < 1.29 is 4.39 Å². The van der Waals surface area contributed by atoms with Crippen LogP contribution in [-0.2, 0) is 6.54 Å². The van der Waals surface area contributed by atoms with E-state index in [4.69, 9.17) is 11.6 Å². The molecule has 0 aliphatic rings. The first-order valence-electron chi connectivity index (χ1n) is 9.37. The topological polar surface area (TPSA) is 41.1 Å². The zero-order valence-electron chi connectivity index (χ0n) is 16.0. The van der Waals surface area contributed by atoms with Gasteiger partial charge in [0.15, 0.2) is 5.82 Å². The molecule has 0 atom stereocenters. The van der Waals surface area contributed by atoms with Crippen LogP contribution in [0.2, 0.25) is 5.02 Å². The van der Waals surface area contributed by atoms with E-state index in [9.17, 15) is 9.65 Å². The third kappa shape index (κ3) is 4.32. The van der Waals surface area contributed by atoms with E-state index >= 15 is 0 Å². The summed E-state index contributed by atoms with van der Waals surface area (Å²) in [6, 6.07) is 25.7. The molecule has 5 heteroatoms. The third-order valence-electron chi connectivity index (χ3n) is 4.72. The molecule has 1 heterocycles. The van der Waals surface area contributed by atoms with Gasteiger partial charge in [-0.1, -0.05) is 66.2 Å². The van der Waals surface area contributed by atoms with Gasteiger partial charge in [-0.2, -0.15) is 5.26 Å². The molecule has 0 spiro atoms. The van der Waals surface area contributed by atoms with E-state index < -0.39 is 0 Å². The van der Waals surface area contributed by atoms with Crippen LogP contribution in [0.1, 0.15) is 16.7 Å². The molecule has 0 aliphatic heterocycles. The Balaban J connectivity index is 1.81. The Morgan fingerprint density at radius 2 is 1.67 bits per heavy atom. The average Bonchev–Trinajstić information content (AvgIpc) is 3.12. The van der Waals surface area contributed by atoms with E-state index in [1.54, 1.807) is 30.5 Å². The predicted octanol–water partition coefficient (Wildman–Crippen LogP) is 6.62. The second kappa shape index (κ2) is 8.77. The maximum Gasteiger partial charge on any atom is 0.151 e. The molecule has 146 valence electrons. The van der Waals surface area contributed by atoms with Gasteiger partial charge in [-0.15, -0.1) is 0 Å². The number of aliphatic imine (C=N–C) groups is 1. The molecule has 3 aromatic carbocycles. The quantitative estimate of drug-likeness (QED) is 0.339. The normalized spacial score (nSPS) is 11.0. The molecule has 4 rings (SSSR count). The van der Waals surface area contributed by atoms with Gasteiger partial charge in [0, 0.05) is 29.5 Å². The fraction of sp³-hybridized carbons (Fsp3) is 0.0400. The van der Waals surface area contributed by atoms with Gasteiger partial charge < -0.3 is 4.57 Å². The summed E-state index contributed by atoms with van der Waals surface area (Å²) in [5, 5.41) is 10.5. The minimum absolute atomic E-state index is 0.284. The Hall–Kier alpha value is -3.68. The van der Waals surface area contributed by atoms with Crippen LogP contribution in [0.4, 0.5) is 10.2 Å². The molecule has 3 nitrogen and oxygen atoms in total. The average molecular weight is 414 g/mol. The number of halogens is 2. The molecule has 0 unspecified atom stereocenters. The molecule has 0 radical (unpaired) electrons. The molecule has 4 aromatic rings.